The lowest BCUT2D eigenvalue weighted by Crippen LogP contribution is -2.23. The second-order valence-corrected chi connectivity index (χ2v) is 7.30. The molecule has 7 nitrogen and oxygen atoms in total. The van der Waals surface area contributed by atoms with Gasteiger partial charge in [0.25, 0.3) is 5.91 Å². The van der Waals surface area contributed by atoms with Crippen molar-refractivity contribution in [2.45, 2.75) is 13.1 Å². The molecule has 4 aromatic rings. The standard InChI is InChI=1S/C25H23N5O2/c26-25(32)28-22-13-11-20(12-14-22)24(31)27-15-21-17-30(16-18-7-3-1-4-8-18)29-23(21)19-9-5-2-6-10-19/h1-14,17H,15-16H2,(H,27,31)(H3,26,28,32). The summed E-state index contributed by atoms with van der Waals surface area (Å²) in [6.45, 7) is 0.974. The van der Waals surface area contributed by atoms with E-state index >= 15 is 0 Å². The molecule has 1 heterocycles. The predicted molar refractivity (Wildman–Crippen MR) is 124 cm³/mol. The maximum atomic E-state index is 12.6. The Morgan fingerprint density at radius 2 is 1.53 bits per heavy atom. The fraction of sp³-hybridized carbons (Fsp3) is 0.0800. The van der Waals surface area contributed by atoms with E-state index in [2.05, 4.69) is 22.8 Å². The molecule has 32 heavy (non-hydrogen) atoms. The van der Waals surface area contributed by atoms with Crippen LogP contribution >= 0.6 is 0 Å². The molecule has 1 aromatic heterocycles. The van der Waals surface area contributed by atoms with Gasteiger partial charge in [0.15, 0.2) is 0 Å². The van der Waals surface area contributed by atoms with Gasteiger partial charge in [-0.15, -0.1) is 0 Å². The van der Waals surface area contributed by atoms with E-state index in [-0.39, 0.29) is 5.91 Å². The van der Waals surface area contributed by atoms with E-state index in [0.29, 0.717) is 24.3 Å². The maximum absolute atomic E-state index is 12.6. The van der Waals surface area contributed by atoms with Crippen molar-refractivity contribution < 1.29 is 9.59 Å². The number of carbonyl (C=O) groups excluding carboxylic acids is 2. The van der Waals surface area contributed by atoms with Gasteiger partial charge >= 0.3 is 6.03 Å². The Bertz CT molecular complexity index is 1200. The predicted octanol–water partition coefficient (Wildman–Crippen LogP) is 4.02. The smallest absolute Gasteiger partial charge is 0.316 e. The lowest BCUT2D eigenvalue weighted by molar-refractivity contribution is 0.0951. The van der Waals surface area contributed by atoms with Crippen LogP contribution in [0.3, 0.4) is 0 Å². The van der Waals surface area contributed by atoms with Crippen LogP contribution in [0.2, 0.25) is 0 Å². The lowest BCUT2D eigenvalue weighted by Gasteiger charge is -2.07. The minimum Gasteiger partial charge on any atom is -0.351 e. The first-order chi connectivity index (χ1) is 15.6. The van der Waals surface area contributed by atoms with Crippen molar-refractivity contribution in [3.8, 4) is 11.3 Å². The SMILES string of the molecule is NC(=O)Nc1ccc(C(=O)NCc2cn(Cc3ccccc3)nc2-c2ccccc2)cc1. The fourth-order valence-electron chi connectivity index (χ4n) is 3.41. The summed E-state index contributed by atoms with van der Waals surface area (Å²) in [6, 6.07) is 25.9. The fourth-order valence-corrected chi connectivity index (χ4v) is 3.41. The number of nitrogens with two attached hydrogens (primary N) is 1. The Kier molecular flexibility index (Phi) is 6.27. The number of rotatable bonds is 7. The van der Waals surface area contributed by atoms with Crippen LogP contribution in [-0.4, -0.2) is 21.7 Å². The maximum Gasteiger partial charge on any atom is 0.316 e. The number of urea groups is 1. The molecular weight excluding hydrogens is 402 g/mol. The number of carbonyl (C=O) groups is 2. The van der Waals surface area contributed by atoms with Gasteiger partial charge in [0, 0.05) is 35.1 Å². The molecule has 0 radical (unpaired) electrons. The number of amides is 3. The second-order valence-electron chi connectivity index (χ2n) is 7.30. The third-order valence-corrected chi connectivity index (χ3v) is 4.93. The van der Waals surface area contributed by atoms with Crippen LogP contribution in [0, 0.1) is 0 Å². The van der Waals surface area contributed by atoms with Gasteiger partial charge in [0.2, 0.25) is 0 Å². The van der Waals surface area contributed by atoms with E-state index in [1.54, 1.807) is 24.3 Å². The molecule has 3 aromatic carbocycles. The Labute approximate surface area is 185 Å². The van der Waals surface area contributed by atoms with Crippen molar-refractivity contribution >= 4 is 17.6 Å². The highest BCUT2D eigenvalue weighted by Gasteiger charge is 2.13. The molecule has 7 heteroatoms. The Hall–Kier alpha value is -4.39. The van der Waals surface area contributed by atoms with Crippen LogP contribution in [0.5, 0.6) is 0 Å². The van der Waals surface area contributed by atoms with Gasteiger partial charge in [-0.3, -0.25) is 9.48 Å². The molecule has 0 aliphatic heterocycles. The monoisotopic (exact) mass is 425 g/mol. The third kappa shape index (κ3) is 5.20. The summed E-state index contributed by atoms with van der Waals surface area (Å²) in [4.78, 5) is 23.6. The topological polar surface area (TPSA) is 102 Å². The second kappa shape index (κ2) is 9.61. The molecule has 4 rings (SSSR count). The quantitative estimate of drug-likeness (QED) is 0.417. The molecule has 0 spiro atoms. The van der Waals surface area contributed by atoms with Gasteiger partial charge < -0.3 is 16.4 Å². The summed E-state index contributed by atoms with van der Waals surface area (Å²) in [5, 5.41) is 10.2. The van der Waals surface area contributed by atoms with E-state index in [4.69, 9.17) is 10.8 Å². The summed E-state index contributed by atoms with van der Waals surface area (Å²) >= 11 is 0. The van der Waals surface area contributed by atoms with Gasteiger partial charge in [-0.1, -0.05) is 60.7 Å². The molecule has 4 N–H and O–H groups in total. The molecular formula is C25H23N5O2. The van der Waals surface area contributed by atoms with Crippen LogP contribution in [0.4, 0.5) is 10.5 Å². The van der Waals surface area contributed by atoms with Crippen LogP contribution in [-0.2, 0) is 13.1 Å². The zero-order valence-corrected chi connectivity index (χ0v) is 17.4. The number of hydrogen-bond acceptors (Lipinski definition) is 3. The Morgan fingerprint density at radius 3 is 2.19 bits per heavy atom. The van der Waals surface area contributed by atoms with Crippen molar-refractivity contribution in [1.82, 2.24) is 15.1 Å². The van der Waals surface area contributed by atoms with Crippen LogP contribution < -0.4 is 16.4 Å². The molecule has 0 aliphatic carbocycles. The van der Waals surface area contributed by atoms with E-state index in [1.165, 1.54) is 0 Å². The molecule has 0 fully saturated rings. The summed E-state index contributed by atoms with van der Waals surface area (Å²) in [6.07, 6.45) is 1.97. The Balaban J connectivity index is 1.51. The first-order valence-electron chi connectivity index (χ1n) is 10.2. The molecule has 0 saturated carbocycles. The molecule has 0 saturated heterocycles. The number of hydrogen-bond donors (Lipinski definition) is 3. The zero-order chi connectivity index (χ0) is 22.3. The first-order valence-corrected chi connectivity index (χ1v) is 10.2. The van der Waals surface area contributed by atoms with E-state index in [0.717, 1.165) is 22.4 Å². The molecule has 0 bridgehead atoms. The van der Waals surface area contributed by atoms with Crippen molar-refractivity contribution in [3.63, 3.8) is 0 Å². The highest BCUT2D eigenvalue weighted by atomic mass is 16.2. The Morgan fingerprint density at radius 1 is 0.875 bits per heavy atom. The van der Waals surface area contributed by atoms with Crippen LogP contribution in [0.15, 0.2) is 91.1 Å². The normalized spacial score (nSPS) is 10.5. The molecule has 0 atom stereocenters. The molecule has 0 aliphatic rings. The summed E-state index contributed by atoms with van der Waals surface area (Å²) < 4.78 is 1.89. The average Bonchev–Trinajstić information content (AvgIpc) is 3.21. The minimum atomic E-state index is -0.650. The average molecular weight is 425 g/mol. The molecule has 3 amide bonds. The lowest BCUT2D eigenvalue weighted by atomic mass is 10.1. The van der Waals surface area contributed by atoms with Crippen LogP contribution in [0.1, 0.15) is 21.5 Å². The summed E-state index contributed by atoms with van der Waals surface area (Å²) in [7, 11) is 0. The van der Waals surface area contributed by atoms with Crippen molar-refractivity contribution in [2.75, 3.05) is 5.32 Å². The number of aromatic nitrogens is 2. The highest BCUT2D eigenvalue weighted by Crippen LogP contribution is 2.22. The number of primary amides is 1. The van der Waals surface area contributed by atoms with Gasteiger partial charge in [-0.2, -0.15) is 5.10 Å². The van der Waals surface area contributed by atoms with Crippen molar-refractivity contribution in [1.29, 1.82) is 0 Å². The highest BCUT2D eigenvalue weighted by molar-refractivity contribution is 5.95. The van der Waals surface area contributed by atoms with Crippen molar-refractivity contribution in [2.24, 2.45) is 5.73 Å². The van der Waals surface area contributed by atoms with Gasteiger partial charge in [0.1, 0.15) is 0 Å². The van der Waals surface area contributed by atoms with Gasteiger partial charge in [-0.25, -0.2) is 4.79 Å². The first kappa shape index (κ1) is 20.9. The van der Waals surface area contributed by atoms with Gasteiger partial charge in [0.05, 0.1) is 12.2 Å². The summed E-state index contributed by atoms with van der Waals surface area (Å²) in [5.74, 6) is -0.217. The van der Waals surface area contributed by atoms with E-state index < -0.39 is 6.03 Å². The summed E-state index contributed by atoms with van der Waals surface area (Å²) in [5.41, 5.74) is 10.0. The van der Waals surface area contributed by atoms with Gasteiger partial charge in [-0.05, 0) is 29.8 Å². The van der Waals surface area contributed by atoms with E-state index in [9.17, 15) is 9.59 Å². The van der Waals surface area contributed by atoms with Crippen LogP contribution in [0.25, 0.3) is 11.3 Å². The van der Waals surface area contributed by atoms with Crippen molar-refractivity contribution in [3.05, 3.63) is 108 Å². The largest absolute Gasteiger partial charge is 0.351 e. The number of anilines is 1. The number of benzene rings is 3. The number of nitrogens with one attached hydrogen (secondary N) is 2. The van der Waals surface area contributed by atoms with E-state index in [1.807, 2.05) is 59.4 Å². The molecule has 160 valence electrons. The minimum absolute atomic E-state index is 0.217. The zero-order valence-electron chi connectivity index (χ0n) is 17.4. The third-order valence-electron chi connectivity index (χ3n) is 4.93. The number of nitrogens with zero attached hydrogens (tertiary/aromatic N) is 2. The molecule has 0 unspecified atom stereocenters.